The molecule has 7 heteroatoms. The molecule has 0 spiro atoms. The minimum absolute atomic E-state index is 0.0732. The number of hydrogen-bond donors (Lipinski definition) is 2. The summed E-state index contributed by atoms with van der Waals surface area (Å²) in [7, 11) is 0. The molecular formula is C22H27Cl2N3O2. The van der Waals surface area contributed by atoms with E-state index >= 15 is 0 Å². The number of ether oxygens (including phenoxy) is 1. The van der Waals surface area contributed by atoms with Crippen molar-refractivity contribution < 1.29 is 9.84 Å². The second-order valence-electron chi connectivity index (χ2n) is 7.17. The standard InChI is InChI=1S/C22H27Cl2N3O2/c1-2-3-4-7-12-26-19-8-5-6-9-20(19)27(22(26)25)14-17(28)15-29-21-11-10-16(23)13-18(21)24/h5-6,8-11,13,17,25,28H,2-4,7,12,14-15H2,1H3/t17-/m0/s1. The fraction of sp³-hybridized carbons (Fsp3) is 0.409. The Morgan fingerprint density at radius 1 is 1.03 bits per heavy atom. The Labute approximate surface area is 181 Å². The fourth-order valence-corrected chi connectivity index (χ4v) is 3.91. The van der Waals surface area contributed by atoms with Crippen LogP contribution in [0.1, 0.15) is 32.6 Å². The summed E-state index contributed by atoms with van der Waals surface area (Å²) in [5.74, 6) is 0.476. The molecule has 0 aliphatic heterocycles. The van der Waals surface area contributed by atoms with Gasteiger partial charge in [0.2, 0.25) is 5.62 Å². The number of aliphatic hydroxyl groups excluding tert-OH is 1. The van der Waals surface area contributed by atoms with Crippen molar-refractivity contribution in [2.24, 2.45) is 0 Å². The number of fused-ring (bicyclic) bond motifs is 1. The zero-order valence-corrected chi connectivity index (χ0v) is 18.1. The van der Waals surface area contributed by atoms with Crippen molar-refractivity contribution in [3.8, 4) is 5.75 Å². The van der Waals surface area contributed by atoms with Crippen molar-refractivity contribution in [1.82, 2.24) is 9.13 Å². The normalized spacial score (nSPS) is 12.4. The Morgan fingerprint density at radius 3 is 2.45 bits per heavy atom. The zero-order valence-electron chi connectivity index (χ0n) is 16.6. The molecule has 29 heavy (non-hydrogen) atoms. The van der Waals surface area contributed by atoms with Crippen LogP contribution in [-0.2, 0) is 13.1 Å². The summed E-state index contributed by atoms with van der Waals surface area (Å²) in [6.45, 7) is 3.34. The largest absolute Gasteiger partial charge is 0.489 e. The molecular weight excluding hydrogens is 409 g/mol. The monoisotopic (exact) mass is 435 g/mol. The molecule has 2 aromatic carbocycles. The lowest BCUT2D eigenvalue weighted by Crippen LogP contribution is -2.31. The van der Waals surface area contributed by atoms with Crippen molar-refractivity contribution in [2.45, 2.75) is 51.8 Å². The molecule has 0 unspecified atom stereocenters. The second kappa shape index (κ2) is 10.2. The molecule has 0 aliphatic carbocycles. The molecule has 0 saturated heterocycles. The van der Waals surface area contributed by atoms with Gasteiger partial charge in [0.1, 0.15) is 18.5 Å². The lowest BCUT2D eigenvalue weighted by Gasteiger charge is -2.14. The molecule has 1 atom stereocenters. The molecule has 0 saturated carbocycles. The molecule has 0 amide bonds. The Morgan fingerprint density at radius 2 is 1.76 bits per heavy atom. The van der Waals surface area contributed by atoms with Gasteiger partial charge in [-0.05, 0) is 36.8 Å². The third kappa shape index (κ3) is 5.35. The number of imidazole rings is 1. The van der Waals surface area contributed by atoms with E-state index < -0.39 is 6.10 Å². The lowest BCUT2D eigenvalue weighted by atomic mass is 10.2. The van der Waals surface area contributed by atoms with Gasteiger partial charge in [-0.1, -0.05) is 61.5 Å². The fourth-order valence-electron chi connectivity index (χ4n) is 3.44. The van der Waals surface area contributed by atoms with E-state index in [-0.39, 0.29) is 13.2 Å². The van der Waals surface area contributed by atoms with E-state index in [4.69, 9.17) is 33.3 Å². The van der Waals surface area contributed by atoms with E-state index in [1.54, 1.807) is 18.2 Å². The van der Waals surface area contributed by atoms with Crippen LogP contribution in [0.15, 0.2) is 42.5 Å². The van der Waals surface area contributed by atoms with E-state index in [1.807, 2.05) is 33.4 Å². The number of nitrogens with one attached hydrogen (secondary N) is 1. The number of unbranched alkanes of at least 4 members (excludes halogenated alkanes) is 3. The topological polar surface area (TPSA) is 63.2 Å². The lowest BCUT2D eigenvalue weighted by molar-refractivity contribution is 0.0921. The second-order valence-corrected chi connectivity index (χ2v) is 8.02. The van der Waals surface area contributed by atoms with Gasteiger partial charge in [-0.25, -0.2) is 0 Å². The molecule has 1 heterocycles. The van der Waals surface area contributed by atoms with E-state index in [2.05, 4.69) is 6.92 Å². The van der Waals surface area contributed by atoms with Gasteiger partial charge in [0.15, 0.2) is 0 Å². The van der Waals surface area contributed by atoms with Crippen LogP contribution < -0.4 is 10.4 Å². The molecule has 2 N–H and O–H groups in total. The molecule has 0 radical (unpaired) electrons. The summed E-state index contributed by atoms with van der Waals surface area (Å²) in [4.78, 5) is 0. The highest BCUT2D eigenvalue weighted by Crippen LogP contribution is 2.27. The Balaban J connectivity index is 1.73. The maximum absolute atomic E-state index is 10.5. The van der Waals surface area contributed by atoms with Gasteiger partial charge >= 0.3 is 0 Å². The van der Waals surface area contributed by atoms with E-state index in [1.165, 1.54) is 12.8 Å². The number of rotatable bonds is 10. The first-order valence-corrected chi connectivity index (χ1v) is 10.8. The van der Waals surface area contributed by atoms with Gasteiger partial charge < -0.3 is 19.0 Å². The highest BCUT2D eigenvalue weighted by molar-refractivity contribution is 6.35. The highest BCUT2D eigenvalue weighted by Gasteiger charge is 2.15. The van der Waals surface area contributed by atoms with Crippen LogP contribution in [0, 0.1) is 5.41 Å². The number of nitrogens with zero attached hydrogens (tertiary/aromatic N) is 2. The number of benzene rings is 2. The number of aliphatic hydroxyl groups is 1. The van der Waals surface area contributed by atoms with E-state index in [9.17, 15) is 5.11 Å². The predicted molar refractivity (Wildman–Crippen MR) is 118 cm³/mol. The van der Waals surface area contributed by atoms with Crippen LogP contribution >= 0.6 is 23.2 Å². The quantitative estimate of drug-likeness (QED) is 0.427. The number of hydrogen-bond acceptors (Lipinski definition) is 3. The van der Waals surface area contributed by atoms with Gasteiger partial charge in [-0.15, -0.1) is 0 Å². The third-order valence-corrected chi connectivity index (χ3v) is 5.46. The van der Waals surface area contributed by atoms with Crippen LogP contribution in [0.2, 0.25) is 10.0 Å². The summed E-state index contributed by atoms with van der Waals surface area (Å²) in [5.41, 5.74) is 2.35. The maximum Gasteiger partial charge on any atom is 0.203 e. The van der Waals surface area contributed by atoms with E-state index in [0.717, 1.165) is 30.4 Å². The SMILES string of the molecule is CCCCCCn1c(=N)n(C[C@H](O)COc2ccc(Cl)cc2Cl)c2ccccc21. The number of para-hydroxylation sites is 2. The minimum Gasteiger partial charge on any atom is -0.489 e. The summed E-state index contributed by atoms with van der Waals surface area (Å²) in [6, 6.07) is 12.9. The number of aryl methyl sites for hydroxylation is 1. The van der Waals surface area contributed by atoms with E-state index in [0.29, 0.717) is 21.4 Å². The van der Waals surface area contributed by atoms with Crippen molar-refractivity contribution in [3.63, 3.8) is 0 Å². The Hall–Kier alpha value is -1.95. The van der Waals surface area contributed by atoms with Crippen molar-refractivity contribution in [3.05, 3.63) is 58.1 Å². The first-order chi connectivity index (χ1) is 14.0. The average molecular weight is 436 g/mol. The third-order valence-electron chi connectivity index (χ3n) is 4.93. The summed E-state index contributed by atoms with van der Waals surface area (Å²) in [5, 5.41) is 20.1. The molecule has 0 fully saturated rings. The first-order valence-electron chi connectivity index (χ1n) is 9.99. The number of halogens is 2. The summed E-state index contributed by atoms with van der Waals surface area (Å²) < 4.78 is 9.52. The van der Waals surface area contributed by atoms with Gasteiger partial charge in [0.25, 0.3) is 0 Å². The highest BCUT2D eigenvalue weighted by atomic mass is 35.5. The van der Waals surface area contributed by atoms with Crippen molar-refractivity contribution in [1.29, 1.82) is 5.41 Å². The van der Waals surface area contributed by atoms with Crippen LogP contribution in [0.25, 0.3) is 11.0 Å². The Kier molecular flexibility index (Phi) is 7.64. The van der Waals surface area contributed by atoms with Gasteiger partial charge in [-0.3, -0.25) is 5.41 Å². The molecule has 5 nitrogen and oxygen atoms in total. The predicted octanol–water partition coefficient (Wildman–Crippen LogP) is 5.25. The molecule has 0 aliphatic rings. The molecule has 3 aromatic rings. The molecule has 3 rings (SSSR count). The number of aromatic nitrogens is 2. The summed E-state index contributed by atoms with van der Waals surface area (Å²) >= 11 is 12.0. The van der Waals surface area contributed by atoms with Crippen LogP contribution in [0.5, 0.6) is 5.75 Å². The van der Waals surface area contributed by atoms with Gasteiger partial charge in [0.05, 0.1) is 22.6 Å². The zero-order chi connectivity index (χ0) is 20.8. The molecule has 1 aromatic heterocycles. The average Bonchev–Trinajstić information content (AvgIpc) is 2.96. The smallest absolute Gasteiger partial charge is 0.203 e. The molecule has 0 bridgehead atoms. The maximum atomic E-state index is 10.5. The molecule has 156 valence electrons. The van der Waals surface area contributed by atoms with Crippen LogP contribution in [-0.4, -0.2) is 27.0 Å². The van der Waals surface area contributed by atoms with Crippen molar-refractivity contribution >= 4 is 34.2 Å². The summed E-state index contributed by atoms with van der Waals surface area (Å²) in [6.07, 6.45) is 3.80. The van der Waals surface area contributed by atoms with Crippen molar-refractivity contribution in [2.75, 3.05) is 6.61 Å². The Bertz CT molecular complexity index is 1010. The van der Waals surface area contributed by atoms with Crippen LogP contribution in [0.4, 0.5) is 0 Å². The first kappa shape index (κ1) is 21.8. The van der Waals surface area contributed by atoms with Gasteiger partial charge in [0, 0.05) is 11.6 Å². The van der Waals surface area contributed by atoms with Gasteiger partial charge in [-0.2, -0.15) is 0 Å². The minimum atomic E-state index is -0.782. The van der Waals surface area contributed by atoms with Crippen LogP contribution in [0.3, 0.4) is 0 Å².